The van der Waals surface area contributed by atoms with Crippen molar-refractivity contribution >= 4 is 16.9 Å². The standard InChI is InChI=1S/C25H28N2O5/c1-15(2)31-18-8-6-7-16(13-18)22-21-23(28)19-10-9-17(30-5)14-20(19)32-24(21)25(29)27(22)12-11-26(3)4/h6-10,13-15,22H,11-12H2,1-5H3/t22-/m1/s1. The van der Waals surface area contributed by atoms with E-state index in [4.69, 9.17) is 13.9 Å². The van der Waals surface area contributed by atoms with Gasteiger partial charge in [0, 0.05) is 19.2 Å². The van der Waals surface area contributed by atoms with Crippen LogP contribution in [0.15, 0.2) is 51.7 Å². The van der Waals surface area contributed by atoms with Crippen LogP contribution in [0.3, 0.4) is 0 Å². The van der Waals surface area contributed by atoms with Crippen LogP contribution in [0.1, 0.15) is 41.6 Å². The van der Waals surface area contributed by atoms with Gasteiger partial charge >= 0.3 is 0 Å². The van der Waals surface area contributed by atoms with Gasteiger partial charge in [-0.15, -0.1) is 0 Å². The van der Waals surface area contributed by atoms with Crippen LogP contribution in [-0.4, -0.2) is 56.1 Å². The largest absolute Gasteiger partial charge is 0.497 e. The highest BCUT2D eigenvalue weighted by atomic mass is 16.5. The first kappa shape index (κ1) is 21.9. The Kier molecular flexibility index (Phi) is 5.93. The zero-order chi connectivity index (χ0) is 23.0. The van der Waals surface area contributed by atoms with E-state index in [-0.39, 0.29) is 23.2 Å². The summed E-state index contributed by atoms with van der Waals surface area (Å²) in [6.45, 7) is 5.02. The number of ether oxygens (including phenoxy) is 2. The Hall–Kier alpha value is -3.32. The molecule has 0 saturated carbocycles. The molecule has 4 rings (SSSR count). The molecule has 32 heavy (non-hydrogen) atoms. The van der Waals surface area contributed by atoms with Crippen LogP contribution >= 0.6 is 0 Å². The van der Waals surface area contributed by atoms with Crippen molar-refractivity contribution in [1.29, 1.82) is 0 Å². The predicted octanol–water partition coefficient (Wildman–Crippen LogP) is 3.70. The zero-order valence-electron chi connectivity index (χ0n) is 19.0. The minimum absolute atomic E-state index is 0.0107. The van der Waals surface area contributed by atoms with E-state index >= 15 is 0 Å². The Bertz CT molecular complexity index is 1210. The molecule has 1 atom stereocenters. The second kappa shape index (κ2) is 8.67. The molecule has 0 aliphatic carbocycles. The van der Waals surface area contributed by atoms with Crippen molar-refractivity contribution in [3.05, 3.63) is 69.6 Å². The molecule has 0 radical (unpaired) electrons. The number of nitrogens with zero attached hydrogens (tertiary/aromatic N) is 2. The van der Waals surface area contributed by atoms with Crippen molar-refractivity contribution in [3.8, 4) is 11.5 Å². The van der Waals surface area contributed by atoms with Gasteiger partial charge in [0.1, 0.15) is 17.1 Å². The second-order valence-electron chi connectivity index (χ2n) is 8.48. The number of carbonyl (C=O) groups excluding carboxylic acids is 1. The van der Waals surface area contributed by atoms with Gasteiger partial charge in [0.15, 0.2) is 5.43 Å². The zero-order valence-corrected chi connectivity index (χ0v) is 19.0. The van der Waals surface area contributed by atoms with Crippen LogP contribution in [0.4, 0.5) is 0 Å². The lowest BCUT2D eigenvalue weighted by Gasteiger charge is -2.26. The first-order valence-corrected chi connectivity index (χ1v) is 10.7. The molecule has 2 aromatic carbocycles. The van der Waals surface area contributed by atoms with Gasteiger partial charge < -0.3 is 23.7 Å². The third-order valence-corrected chi connectivity index (χ3v) is 5.51. The fraction of sp³-hybridized carbons (Fsp3) is 0.360. The van der Waals surface area contributed by atoms with Crippen molar-refractivity contribution in [2.45, 2.75) is 26.0 Å². The van der Waals surface area contributed by atoms with Crippen LogP contribution in [-0.2, 0) is 0 Å². The number of methoxy groups -OCH3 is 1. The van der Waals surface area contributed by atoms with E-state index < -0.39 is 6.04 Å². The first-order valence-electron chi connectivity index (χ1n) is 10.7. The van der Waals surface area contributed by atoms with Gasteiger partial charge in [-0.25, -0.2) is 0 Å². The van der Waals surface area contributed by atoms with Crippen molar-refractivity contribution in [2.75, 3.05) is 34.3 Å². The van der Waals surface area contributed by atoms with Crippen LogP contribution in [0, 0.1) is 0 Å². The van der Waals surface area contributed by atoms with E-state index in [9.17, 15) is 9.59 Å². The number of fused-ring (bicyclic) bond motifs is 2. The maximum absolute atomic E-state index is 13.6. The molecule has 2 heterocycles. The molecule has 0 saturated heterocycles. The van der Waals surface area contributed by atoms with Crippen LogP contribution < -0.4 is 14.9 Å². The highest BCUT2D eigenvalue weighted by Gasteiger charge is 2.42. The number of hydrogen-bond acceptors (Lipinski definition) is 6. The average molecular weight is 437 g/mol. The molecule has 1 aliphatic heterocycles. The molecule has 0 N–H and O–H groups in total. The van der Waals surface area contributed by atoms with Gasteiger partial charge in [-0.3, -0.25) is 9.59 Å². The molecule has 0 fully saturated rings. The lowest BCUT2D eigenvalue weighted by atomic mass is 9.98. The summed E-state index contributed by atoms with van der Waals surface area (Å²) in [6, 6.07) is 12.1. The molecular formula is C25H28N2O5. The van der Waals surface area contributed by atoms with E-state index in [0.717, 1.165) is 5.56 Å². The van der Waals surface area contributed by atoms with Gasteiger partial charge in [-0.05, 0) is 57.8 Å². The highest BCUT2D eigenvalue weighted by molar-refractivity contribution is 5.99. The Morgan fingerprint density at radius 2 is 1.88 bits per heavy atom. The van der Waals surface area contributed by atoms with Gasteiger partial charge in [0.25, 0.3) is 5.91 Å². The van der Waals surface area contributed by atoms with Crippen molar-refractivity contribution in [3.63, 3.8) is 0 Å². The third kappa shape index (κ3) is 3.96. The van der Waals surface area contributed by atoms with E-state index in [0.29, 0.717) is 41.1 Å². The van der Waals surface area contributed by atoms with E-state index in [1.54, 1.807) is 30.2 Å². The van der Waals surface area contributed by atoms with E-state index in [2.05, 4.69) is 0 Å². The number of benzene rings is 2. The normalized spacial score (nSPS) is 15.7. The lowest BCUT2D eigenvalue weighted by molar-refractivity contribution is 0.0716. The van der Waals surface area contributed by atoms with Crippen LogP contribution in [0.5, 0.6) is 11.5 Å². The molecule has 7 nitrogen and oxygen atoms in total. The maximum Gasteiger partial charge on any atom is 0.290 e. The lowest BCUT2D eigenvalue weighted by Crippen LogP contribution is -2.35. The van der Waals surface area contributed by atoms with Crippen molar-refractivity contribution < 1.29 is 18.7 Å². The molecule has 1 aliphatic rings. The SMILES string of the molecule is COc1ccc2c(=O)c3c(oc2c1)C(=O)N(CCN(C)C)[C@@H]3c1cccc(OC(C)C)c1. The number of carbonyl (C=O) groups is 1. The molecular weight excluding hydrogens is 408 g/mol. The summed E-state index contributed by atoms with van der Waals surface area (Å²) in [5.74, 6) is 1.06. The fourth-order valence-corrected chi connectivity index (χ4v) is 4.04. The van der Waals surface area contributed by atoms with Crippen LogP contribution in [0.25, 0.3) is 11.0 Å². The summed E-state index contributed by atoms with van der Waals surface area (Å²) < 4.78 is 17.1. The Balaban J connectivity index is 1.90. The molecule has 0 spiro atoms. The number of hydrogen-bond donors (Lipinski definition) is 0. The van der Waals surface area contributed by atoms with Gasteiger partial charge in [-0.2, -0.15) is 0 Å². The minimum Gasteiger partial charge on any atom is -0.497 e. The molecule has 7 heteroatoms. The van der Waals surface area contributed by atoms with Crippen molar-refractivity contribution in [2.24, 2.45) is 0 Å². The molecule has 1 aromatic heterocycles. The molecule has 0 bridgehead atoms. The maximum atomic E-state index is 13.6. The minimum atomic E-state index is -0.545. The summed E-state index contributed by atoms with van der Waals surface area (Å²) in [5, 5.41) is 0.423. The molecule has 1 amide bonds. The first-order chi connectivity index (χ1) is 15.3. The quantitative estimate of drug-likeness (QED) is 0.563. The van der Waals surface area contributed by atoms with Crippen LogP contribution in [0.2, 0.25) is 0 Å². The predicted molar refractivity (Wildman–Crippen MR) is 123 cm³/mol. The van der Waals surface area contributed by atoms with Crippen molar-refractivity contribution in [1.82, 2.24) is 9.80 Å². The number of likely N-dealkylation sites (N-methyl/N-ethyl adjacent to an activating group) is 1. The second-order valence-corrected chi connectivity index (χ2v) is 8.48. The van der Waals surface area contributed by atoms with E-state index in [1.807, 2.05) is 57.1 Å². The van der Waals surface area contributed by atoms with E-state index in [1.165, 1.54) is 0 Å². The van der Waals surface area contributed by atoms with Gasteiger partial charge in [0.05, 0.1) is 30.2 Å². The highest BCUT2D eigenvalue weighted by Crippen LogP contribution is 2.39. The average Bonchev–Trinajstić information content (AvgIpc) is 3.03. The summed E-state index contributed by atoms with van der Waals surface area (Å²) in [7, 11) is 5.44. The Morgan fingerprint density at radius 3 is 2.56 bits per heavy atom. The summed E-state index contributed by atoms with van der Waals surface area (Å²) in [5.41, 5.74) is 1.32. The Labute approximate surface area is 187 Å². The molecule has 168 valence electrons. The summed E-state index contributed by atoms with van der Waals surface area (Å²) in [6.07, 6.45) is 0.0107. The smallest absolute Gasteiger partial charge is 0.290 e. The Morgan fingerprint density at radius 1 is 1.09 bits per heavy atom. The molecule has 3 aromatic rings. The summed E-state index contributed by atoms with van der Waals surface area (Å²) >= 11 is 0. The molecule has 0 unspecified atom stereocenters. The van der Waals surface area contributed by atoms with Gasteiger partial charge in [0.2, 0.25) is 5.76 Å². The third-order valence-electron chi connectivity index (χ3n) is 5.51. The fourth-order valence-electron chi connectivity index (χ4n) is 4.04. The van der Waals surface area contributed by atoms with Gasteiger partial charge in [-0.1, -0.05) is 12.1 Å². The topological polar surface area (TPSA) is 72.2 Å². The monoisotopic (exact) mass is 436 g/mol. The number of amides is 1. The summed E-state index contributed by atoms with van der Waals surface area (Å²) in [4.78, 5) is 30.7. The number of rotatable bonds is 7.